The molecule has 0 bridgehead atoms. The number of rotatable bonds is 6. The summed E-state index contributed by atoms with van der Waals surface area (Å²) in [5.74, 6) is 1.77. The third kappa shape index (κ3) is 3.81. The van der Waals surface area contributed by atoms with Crippen molar-refractivity contribution >= 4 is 39.2 Å². The molecule has 0 atom stereocenters. The molecule has 0 radical (unpaired) electrons. The second-order valence-electron chi connectivity index (χ2n) is 5.31. The first kappa shape index (κ1) is 15.5. The van der Waals surface area contributed by atoms with E-state index in [2.05, 4.69) is 34.4 Å². The van der Waals surface area contributed by atoms with Crippen molar-refractivity contribution in [2.75, 3.05) is 37.4 Å². The van der Waals surface area contributed by atoms with Crippen LogP contribution in [-0.2, 0) is 4.79 Å². The Labute approximate surface area is 128 Å². The predicted octanol–water partition coefficient (Wildman–Crippen LogP) is 1.94. The SMILES string of the molecule is CNc1nc(N(C)CC(=O)NCC(C)C)c2ccsc2n1. The molecule has 0 spiro atoms. The molecule has 0 aliphatic carbocycles. The molecule has 1 amide bonds. The topological polar surface area (TPSA) is 70.2 Å². The molecule has 0 aromatic carbocycles. The highest BCUT2D eigenvalue weighted by atomic mass is 32.1. The van der Waals surface area contributed by atoms with Crippen molar-refractivity contribution in [2.24, 2.45) is 5.92 Å². The molecule has 6 nitrogen and oxygen atoms in total. The summed E-state index contributed by atoms with van der Waals surface area (Å²) in [6.45, 7) is 5.11. The van der Waals surface area contributed by atoms with Crippen LogP contribution in [0, 0.1) is 5.92 Å². The molecular weight excluding hydrogens is 286 g/mol. The van der Waals surface area contributed by atoms with Gasteiger partial charge >= 0.3 is 0 Å². The summed E-state index contributed by atoms with van der Waals surface area (Å²) in [7, 11) is 3.65. The molecule has 114 valence electrons. The van der Waals surface area contributed by atoms with Crippen molar-refractivity contribution in [3.05, 3.63) is 11.4 Å². The van der Waals surface area contributed by atoms with Gasteiger partial charge < -0.3 is 15.5 Å². The molecule has 2 aromatic rings. The largest absolute Gasteiger partial charge is 0.357 e. The Morgan fingerprint density at radius 2 is 2.19 bits per heavy atom. The summed E-state index contributed by atoms with van der Waals surface area (Å²) in [5.41, 5.74) is 0. The summed E-state index contributed by atoms with van der Waals surface area (Å²) in [4.78, 5) is 23.6. The van der Waals surface area contributed by atoms with Crippen LogP contribution in [0.15, 0.2) is 11.4 Å². The second-order valence-corrected chi connectivity index (χ2v) is 6.21. The van der Waals surface area contributed by atoms with Crippen LogP contribution in [0.1, 0.15) is 13.8 Å². The van der Waals surface area contributed by atoms with E-state index in [1.54, 1.807) is 18.4 Å². The fourth-order valence-electron chi connectivity index (χ4n) is 1.91. The Hall–Kier alpha value is -1.89. The minimum Gasteiger partial charge on any atom is -0.357 e. The minimum atomic E-state index is -0.000741. The van der Waals surface area contributed by atoms with Gasteiger partial charge in [0.2, 0.25) is 11.9 Å². The van der Waals surface area contributed by atoms with Crippen molar-refractivity contribution in [2.45, 2.75) is 13.8 Å². The molecule has 2 heterocycles. The van der Waals surface area contributed by atoms with E-state index in [0.29, 0.717) is 18.4 Å². The van der Waals surface area contributed by atoms with Gasteiger partial charge in [-0.05, 0) is 17.4 Å². The number of hydrogen-bond acceptors (Lipinski definition) is 6. The third-order valence-electron chi connectivity index (χ3n) is 2.98. The van der Waals surface area contributed by atoms with E-state index in [9.17, 15) is 4.79 Å². The Morgan fingerprint density at radius 3 is 2.86 bits per heavy atom. The van der Waals surface area contributed by atoms with Gasteiger partial charge in [-0.1, -0.05) is 13.8 Å². The fourth-order valence-corrected chi connectivity index (χ4v) is 2.67. The molecule has 21 heavy (non-hydrogen) atoms. The maximum absolute atomic E-state index is 12.0. The monoisotopic (exact) mass is 307 g/mol. The number of carbonyl (C=O) groups is 1. The third-order valence-corrected chi connectivity index (χ3v) is 3.79. The number of thiophene rings is 1. The lowest BCUT2D eigenvalue weighted by atomic mass is 10.2. The molecule has 0 aliphatic heterocycles. The lowest BCUT2D eigenvalue weighted by Crippen LogP contribution is -2.37. The smallest absolute Gasteiger partial charge is 0.239 e. The van der Waals surface area contributed by atoms with Crippen LogP contribution in [0.2, 0.25) is 0 Å². The molecule has 0 unspecified atom stereocenters. The minimum absolute atomic E-state index is 0.000741. The van der Waals surface area contributed by atoms with Gasteiger partial charge in [-0.3, -0.25) is 4.79 Å². The Morgan fingerprint density at radius 1 is 1.43 bits per heavy atom. The molecule has 2 rings (SSSR count). The highest BCUT2D eigenvalue weighted by molar-refractivity contribution is 7.16. The first-order valence-corrected chi connectivity index (χ1v) is 7.80. The highest BCUT2D eigenvalue weighted by Crippen LogP contribution is 2.28. The molecular formula is C14H21N5OS. The van der Waals surface area contributed by atoms with Crippen LogP contribution in [0.4, 0.5) is 11.8 Å². The first-order chi connectivity index (χ1) is 10.0. The predicted molar refractivity (Wildman–Crippen MR) is 88.1 cm³/mol. The van der Waals surface area contributed by atoms with Crippen LogP contribution in [0.3, 0.4) is 0 Å². The molecule has 2 aromatic heterocycles. The van der Waals surface area contributed by atoms with Crippen LogP contribution in [0.5, 0.6) is 0 Å². The number of amides is 1. The molecule has 0 aliphatic rings. The van der Waals surface area contributed by atoms with Crippen molar-refractivity contribution in [1.29, 1.82) is 0 Å². The Kier molecular flexibility index (Phi) is 4.95. The van der Waals surface area contributed by atoms with Gasteiger partial charge in [0.15, 0.2) is 0 Å². The lowest BCUT2D eigenvalue weighted by molar-refractivity contribution is -0.119. The summed E-state index contributed by atoms with van der Waals surface area (Å²) in [6.07, 6.45) is 0. The van der Waals surface area contributed by atoms with E-state index in [1.807, 2.05) is 23.4 Å². The van der Waals surface area contributed by atoms with Gasteiger partial charge in [-0.25, -0.2) is 4.98 Å². The zero-order valence-electron chi connectivity index (χ0n) is 12.8. The first-order valence-electron chi connectivity index (χ1n) is 6.92. The number of aromatic nitrogens is 2. The number of carbonyl (C=O) groups excluding carboxylic acids is 1. The molecule has 0 saturated heterocycles. The quantitative estimate of drug-likeness (QED) is 0.853. The van der Waals surface area contributed by atoms with Crippen LogP contribution in [-0.4, -0.2) is 43.1 Å². The summed E-state index contributed by atoms with van der Waals surface area (Å²) in [5, 5.41) is 8.82. The number of nitrogens with one attached hydrogen (secondary N) is 2. The van der Waals surface area contributed by atoms with Crippen LogP contribution >= 0.6 is 11.3 Å². The van der Waals surface area contributed by atoms with Crippen molar-refractivity contribution in [1.82, 2.24) is 15.3 Å². The average Bonchev–Trinajstić information content (AvgIpc) is 2.91. The van der Waals surface area contributed by atoms with E-state index in [-0.39, 0.29) is 12.5 Å². The normalized spacial score (nSPS) is 10.9. The van der Waals surface area contributed by atoms with Crippen molar-refractivity contribution in [3.8, 4) is 0 Å². The Bertz CT molecular complexity index is 625. The van der Waals surface area contributed by atoms with E-state index in [4.69, 9.17) is 0 Å². The molecule has 2 N–H and O–H groups in total. The standard InChI is InChI=1S/C14H21N5OS/c1-9(2)7-16-11(20)8-19(4)12-10-5-6-21-13(10)18-14(15-3)17-12/h5-6,9H,7-8H2,1-4H3,(H,16,20)(H,15,17,18). The van der Waals surface area contributed by atoms with E-state index < -0.39 is 0 Å². The van der Waals surface area contributed by atoms with Crippen LogP contribution in [0.25, 0.3) is 10.2 Å². The van der Waals surface area contributed by atoms with Crippen molar-refractivity contribution in [3.63, 3.8) is 0 Å². The number of likely N-dealkylation sites (N-methyl/N-ethyl adjacent to an activating group) is 1. The molecule has 7 heteroatoms. The maximum Gasteiger partial charge on any atom is 0.239 e. The second kappa shape index (κ2) is 6.71. The summed E-state index contributed by atoms with van der Waals surface area (Å²) >= 11 is 1.56. The molecule has 0 saturated carbocycles. The van der Waals surface area contributed by atoms with Gasteiger partial charge in [-0.15, -0.1) is 11.3 Å². The number of fused-ring (bicyclic) bond motifs is 1. The van der Waals surface area contributed by atoms with Gasteiger partial charge in [0.25, 0.3) is 0 Å². The van der Waals surface area contributed by atoms with Crippen LogP contribution < -0.4 is 15.5 Å². The number of hydrogen-bond donors (Lipinski definition) is 2. The lowest BCUT2D eigenvalue weighted by Gasteiger charge is -2.19. The van der Waals surface area contributed by atoms with Gasteiger partial charge in [-0.2, -0.15) is 4.98 Å². The van der Waals surface area contributed by atoms with E-state index in [0.717, 1.165) is 16.0 Å². The van der Waals surface area contributed by atoms with Gasteiger partial charge in [0.1, 0.15) is 10.6 Å². The number of nitrogens with zero attached hydrogens (tertiary/aromatic N) is 3. The zero-order valence-corrected chi connectivity index (χ0v) is 13.6. The van der Waals surface area contributed by atoms with E-state index in [1.165, 1.54) is 0 Å². The number of anilines is 2. The zero-order chi connectivity index (χ0) is 15.4. The average molecular weight is 307 g/mol. The maximum atomic E-state index is 12.0. The van der Waals surface area contributed by atoms with E-state index >= 15 is 0 Å². The summed E-state index contributed by atoms with van der Waals surface area (Å²) < 4.78 is 0. The van der Waals surface area contributed by atoms with Crippen molar-refractivity contribution < 1.29 is 4.79 Å². The van der Waals surface area contributed by atoms with Gasteiger partial charge in [0, 0.05) is 20.6 Å². The Balaban J connectivity index is 2.16. The molecule has 0 fully saturated rings. The fraction of sp³-hybridized carbons (Fsp3) is 0.500. The highest BCUT2D eigenvalue weighted by Gasteiger charge is 2.14. The van der Waals surface area contributed by atoms with Gasteiger partial charge in [0.05, 0.1) is 11.9 Å². The summed E-state index contributed by atoms with van der Waals surface area (Å²) in [6, 6.07) is 1.98.